The number of nitrogens with one attached hydrogen (secondary N) is 9. The second-order valence-electron chi connectivity index (χ2n) is 30.5. The fourth-order valence-electron chi connectivity index (χ4n) is 14.6. The fraction of sp³-hybridized carbons (Fsp3) is 0.525. The predicted octanol–water partition coefficient (Wildman–Crippen LogP) is 2.05. The first-order chi connectivity index (χ1) is 52.6. The van der Waals surface area contributed by atoms with E-state index in [-0.39, 0.29) is 90.2 Å². The minimum absolute atomic E-state index is 0.0243. The van der Waals surface area contributed by atoms with Crippen molar-refractivity contribution < 1.29 is 80.6 Å². The van der Waals surface area contributed by atoms with Gasteiger partial charge in [-0.3, -0.25) is 57.5 Å². The van der Waals surface area contributed by atoms with Crippen molar-refractivity contribution in [2.75, 3.05) is 87.3 Å². The van der Waals surface area contributed by atoms with Gasteiger partial charge < -0.3 is 85.8 Å². The van der Waals surface area contributed by atoms with Gasteiger partial charge >= 0.3 is 0 Å². The summed E-state index contributed by atoms with van der Waals surface area (Å²) in [6.07, 6.45) is 2.87. The van der Waals surface area contributed by atoms with Crippen LogP contribution in [0.1, 0.15) is 118 Å². The monoisotopic (exact) mass is 1520 g/mol. The maximum absolute atomic E-state index is 16.1. The number of carbonyl (C=O) groups is 12. The molecule has 9 atom stereocenters. The SMILES string of the molecule is COc1ccc(C[C@@H]2NC(=O)[C@H](C)NC(=O)[C@@H]3[C@@H]4CCN3C(=O)[C@@H]3Cc5cn(c6ccc(F)cc56)CCCCCCN(Cc5ccc(cc5)CCNC(=O)[C@]5(C)CCCN5C2=O)C(=O)CCC(=O)N[C@@H](C)C(=O)N[C@H](CNC(=O)CCOCC[N+](C)(C)C)C(=O)N[C@@H](Cc2cccc(c2)CNC(=O)CO4)C(=O)N3)cc1. The Labute approximate surface area is 640 Å². The molecular formula is C80H106FN14O15+. The average Bonchev–Trinajstić information content (AvgIpc) is 1.62. The summed E-state index contributed by atoms with van der Waals surface area (Å²) in [6, 6.07) is 15.0. The van der Waals surface area contributed by atoms with Gasteiger partial charge in [0.2, 0.25) is 70.9 Å². The third-order valence-corrected chi connectivity index (χ3v) is 21.1. The molecule has 11 rings (SSSR count). The first kappa shape index (κ1) is 82.2. The first-order valence-electron chi connectivity index (χ1n) is 38.2. The molecule has 110 heavy (non-hydrogen) atoms. The molecule has 12 bridgehead atoms. The van der Waals surface area contributed by atoms with Crippen LogP contribution in [0.3, 0.4) is 0 Å². The third-order valence-electron chi connectivity index (χ3n) is 21.1. The summed E-state index contributed by atoms with van der Waals surface area (Å²) in [6.45, 7) is 5.40. The van der Waals surface area contributed by atoms with Gasteiger partial charge in [0.15, 0.2) is 0 Å². The lowest BCUT2D eigenvalue weighted by atomic mass is 9.95. The smallest absolute Gasteiger partial charge is 0.246 e. The number of nitrogens with zero attached hydrogens (tertiary/aromatic N) is 5. The number of halogens is 1. The average molecular weight is 1520 g/mol. The highest BCUT2D eigenvalue weighted by Crippen LogP contribution is 2.32. The second-order valence-corrected chi connectivity index (χ2v) is 30.5. The van der Waals surface area contributed by atoms with Gasteiger partial charge in [0, 0.05) is 108 Å². The normalized spacial score (nSPS) is 24.8. The minimum atomic E-state index is -1.64. The van der Waals surface area contributed by atoms with Crippen LogP contribution in [0.4, 0.5) is 4.39 Å². The third kappa shape index (κ3) is 22.2. The van der Waals surface area contributed by atoms with E-state index in [1.54, 1.807) is 72.6 Å². The minimum Gasteiger partial charge on any atom is -0.497 e. The van der Waals surface area contributed by atoms with Crippen LogP contribution in [0.5, 0.6) is 5.75 Å². The highest BCUT2D eigenvalue weighted by atomic mass is 19.1. The molecule has 1 aromatic heterocycles. The van der Waals surface area contributed by atoms with E-state index in [0.29, 0.717) is 115 Å². The van der Waals surface area contributed by atoms with Crippen molar-refractivity contribution in [1.82, 2.24) is 67.1 Å². The topological polar surface area (TPSA) is 355 Å². The van der Waals surface area contributed by atoms with Crippen LogP contribution in [-0.2, 0) is 112 Å². The van der Waals surface area contributed by atoms with Gasteiger partial charge in [0.25, 0.3) is 0 Å². The zero-order chi connectivity index (χ0) is 78.8. The van der Waals surface area contributed by atoms with Gasteiger partial charge in [-0.05, 0) is 123 Å². The second kappa shape index (κ2) is 37.9. The van der Waals surface area contributed by atoms with E-state index in [4.69, 9.17) is 14.2 Å². The van der Waals surface area contributed by atoms with Crippen LogP contribution in [-0.4, -0.2) is 236 Å². The highest BCUT2D eigenvalue weighted by molar-refractivity contribution is 6.00. The zero-order valence-corrected chi connectivity index (χ0v) is 64.0. The number of benzene rings is 4. The first-order valence-corrected chi connectivity index (χ1v) is 38.2. The molecule has 4 aromatic carbocycles. The number of hydrogen-bond acceptors (Lipinski definition) is 15. The van der Waals surface area contributed by atoms with Crippen molar-refractivity contribution in [3.8, 4) is 5.75 Å². The lowest BCUT2D eigenvalue weighted by Gasteiger charge is -2.36. The lowest BCUT2D eigenvalue weighted by molar-refractivity contribution is -0.870. The Balaban J connectivity index is 1.06. The molecule has 592 valence electrons. The number of aryl methyl sites for hydroxylation is 1. The van der Waals surface area contributed by atoms with Crippen LogP contribution in [0, 0.1) is 5.82 Å². The number of likely N-dealkylation sites (N-methyl/N-ethyl adjacent to an activating group) is 1. The number of ether oxygens (including phenoxy) is 3. The number of fused-ring (bicyclic) bond motifs is 16. The van der Waals surface area contributed by atoms with Crippen molar-refractivity contribution in [1.29, 1.82) is 0 Å². The molecule has 5 aromatic rings. The zero-order valence-electron chi connectivity index (χ0n) is 64.0. The van der Waals surface area contributed by atoms with Crippen LogP contribution in [0.25, 0.3) is 10.9 Å². The molecule has 0 radical (unpaired) electrons. The van der Waals surface area contributed by atoms with Crippen molar-refractivity contribution in [2.45, 2.75) is 184 Å². The van der Waals surface area contributed by atoms with Crippen LogP contribution in [0.15, 0.2) is 97.2 Å². The molecule has 2 saturated heterocycles. The van der Waals surface area contributed by atoms with E-state index < -0.39 is 138 Å². The molecule has 2 fully saturated rings. The van der Waals surface area contributed by atoms with Crippen LogP contribution < -0.4 is 52.6 Å². The van der Waals surface area contributed by atoms with Gasteiger partial charge in [-0.25, -0.2) is 4.39 Å². The molecule has 12 amide bonds. The summed E-state index contributed by atoms with van der Waals surface area (Å²) >= 11 is 0. The Hall–Kier alpha value is -10.3. The van der Waals surface area contributed by atoms with Gasteiger partial charge in [-0.1, -0.05) is 73.5 Å². The molecule has 0 unspecified atom stereocenters. The van der Waals surface area contributed by atoms with E-state index in [0.717, 1.165) is 11.1 Å². The van der Waals surface area contributed by atoms with E-state index in [1.807, 2.05) is 50.0 Å². The lowest BCUT2D eigenvalue weighted by Crippen LogP contribution is -2.62. The van der Waals surface area contributed by atoms with Crippen molar-refractivity contribution in [3.05, 3.63) is 136 Å². The number of carbonyl (C=O) groups excluding carboxylic acids is 12. The molecule has 7 heterocycles. The summed E-state index contributed by atoms with van der Waals surface area (Å²) in [4.78, 5) is 182. The van der Waals surface area contributed by atoms with E-state index >= 15 is 28.4 Å². The molecule has 0 aliphatic carbocycles. The van der Waals surface area contributed by atoms with Gasteiger partial charge in [0.05, 0.1) is 47.6 Å². The Kier molecular flexibility index (Phi) is 28.3. The summed E-state index contributed by atoms with van der Waals surface area (Å²) < 4.78 is 35.8. The van der Waals surface area contributed by atoms with E-state index in [2.05, 4.69) is 47.9 Å². The van der Waals surface area contributed by atoms with Crippen LogP contribution in [0.2, 0.25) is 0 Å². The molecule has 0 spiro atoms. The Morgan fingerprint density at radius 3 is 2.11 bits per heavy atom. The van der Waals surface area contributed by atoms with Crippen molar-refractivity contribution >= 4 is 81.8 Å². The molecule has 6 aliphatic rings. The van der Waals surface area contributed by atoms with Gasteiger partial charge in [-0.15, -0.1) is 0 Å². The van der Waals surface area contributed by atoms with Gasteiger partial charge in [0.1, 0.15) is 72.6 Å². The fourth-order valence-corrected chi connectivity index (χ4v) is 14.6. The number of quaternary nitrogens is 1. The number of amides is 12. The predicted molar refractivity (Wildman–Crippen MR) is 404 cm³/mol. The Morgan fingerprint density at radius 1 is 0.655 bits per heavy atom. The molecule has 6 aliphatic heterocycles. The van der Waals surface area contributed by atoms with Gasteiger partial charge in [-0.2, -0.15) is 0 Å². The van der Waals surface area contributed by atoms with E-state index in [1.165, 1.54) is 42.9 Å². The largest absolute Gasteiger partial charge is 0.497 e. The quantitative estimate of drug-likeness (QED) is 0.0675. The molecule has 30 heteroatoms. The maximum Gasteiger partial charge on any atom is 0.246 e. The molecule has 29 nitrogen and oxygen atoms in total. The van der Waals surface area contributed by atoms with E-state index in [9.17, 15) is 33.6 Å². The number of aromatic nitrogens is 1. The molecular weight excluding hydrogens is 1420 g/mol. The summed E-state index contributed by atoms with van der Waals surface area (Å²) in [7, 11) is 7.49. The molecule has 9 N–H and O–H groups in total. The van der Waals surface area contributed by atoms with Crippen LogP contribution >= 0.6 is 0 Å². The Bertz CT molecular complexity index is 4170. The Morgan fingerprint density at radius 2 is 1.36 bits per heavy atom. The number of hydrogen-bond donors (Lipinski definition) is 9. The van der Waals surface area contributed by atoms with Crippen molar-refractivity contribution in [3.63, 3.8) is 0 Å². The summed E-state index contributed by atoms with van der Waals surface area (Å²) in [5.74, 6) is -8.53. The number of methoxy groups -OCH3 is 1. The highest BCUT2D eigenvalue weighted by Gasteiger charge is 2.49. The standard InChI is InChI=1S/C80H105FN14O15/c1-50-72(100)90-64(46-84-67(96)30-38-109-39-37-95(4,5)6)75(103)87-61-42-55-14-12-15-56(40-55)45-83-69(98)49-110-66-29-36-93-71(66)76(104)86-51(2)73(101)88-62(41-53-20-23-59(108-7)24-21-53)78(106)94-35-13-31-80(94,3)79(107)82-32-28-52-16-18-54(19-17-52)47-92(70(99)27-26-68(97)85-50)34-11-9-8-10-33-91-48-57(43-63(77(93)105)89-74(61)102)60-44-58(81)22-25-65(60)91/h12,14-25,40,44,48,50-51,61-64,66,71H,8-11,13,26-39,41-43,45-47,49H2,1-7H3,(H8-,82,83,84,85,86,87,88,89,90,96,97,98,100,101,102,103,104,107)/p+1/t50-,51-,61-,62-,63-,64+,66-,71-,80-/m0/s1. The summed E-state index contributed by atoms with van der Waals surface area (Å²) in [5.41, 5.74) is 2.96. The molecule has 0 saturated carbocycles. The summed E-state index contributed by atoms with van der Waals surface area (Å²) in [5, 5.41) is 25.6. The maximum atomic E-state index is 16.1. The number of rotatable bonds is 11. The van der Waals surface area contributed by atoms with Crippen molar-refractivity contribution in [2.24, 2.45) is 0 Å².